The molecule has 0 aliphatic rings. The number of carbonyl (C=O) groups is 1. The van der Waals surface area contributed by atoms with Gasteiger partial charge in [-0.05, 0) is 17.5 Å². The Balaban J connectivity index is 2.02. The standard InChI is InChI=1S/C14H20N4O3/c1-14(2,3)10(19)8-15-12(20)9-18-13(21)17-7-5-4-6-11(17)16-18/h4-7,10,19H,8-9H2,1-3H3,(H,15,20). The third kappa shape index (κ3) is 3.49. The van der Waals surface area contributed by atoms with E-state index in [1.165, 1.54) is 4.40 Å². The van der Waals surface area contributed by atoms with Crippen LogP contribution < -0.4 is 11.0 Å². The lowest BCUT2D eigenvalue weighted by molar-refractivity contribution is -0.122. The second-order valence-corrected chi connectivity index (χ2v) is 6.05. The normalized spacial score (nSPS) is 13.3. The number of aliphatic hydroxyl groups is 1. The number of amides is 1. The van der Waals surface area contributed by atoms with Gasteiger partial charge in [0, 0.05) is 12.7 Å². The van der Waals surface area contributed by atoms with Crippen molar-refractivity contribution in [3.05, 3.63) is 34.9 Å². The highest BCUT2D eigenvalue weighted by atomic mass is 16.3. The van der Waals surface area contributed by atoms with Gasteiger partial charge in [0.1, 0.15) is 6.54 Å². The number of carbonyl (C=O) groups excluding carboxylic acids is 1. The monoisotopic (exact) mass is 292 g/mol. The topological polar surface area (TPSA) is 88.6 Å². The summed E-state index contributed by atoms with van der Waals surface area (Å²) in [5.41, 5.74) is -0.185. The summed E-state index contributed by atoms with van der Waals surface area (Å²) in [7, 11) is 0. The summed E-state index contributed by atoms with van der Waals surface area (Å²) in [6, 6.07) is 5.19. The molecule has 2 aromatic rings. The van der Waals surface area contributed by atoms with E-state index in [2.05, 4.69) is 10.4 Å². The van der Waals surface area contributed by atoms with E-state index >= 15 is 0 Å². The minimum Gasteiger partial charge on any atom is -0.391 e. The highest BCUT2D eigenvalue weighted by molar-refractivity contribution is 5.75. The lowest BCUT2D eigenvalue weighted by Gasteiger charge is -2.25. The lowest BCUT2D eigenvalue weighted by atomic mass is 9.89. The van der Waals surface area contributed by atoms with Crippen molar-refractivity contribution >= 4 is 11.6 Å². The van der Waals surface area contributed by atoms with E-state index < -0.39 is 6.10 Å². The highest BCUT2D eigenvalue weighted by Gasteiger charge is 2.22. The Bertz CT molecular complexity index is 696. The van der Waals surface area contributed by atoms with Crippen LogP contribution in [0.4, 0.5) is 0 Å². The molecule has 0 aliphatic carbocycles. The Hall–Kier alpha value is -2.15. The molecule has 0 saturated heterocycles. The molecule has 0 aliphatic heterocycles. The summed E-state index contributed by atoms with van der Waals surface area (Å²) < 4.78 is 2.48. The average molecular weight is 292 g/mol. The lowest BCUT2D eigenvalue weighted by Crippen LogP contribution is -2.41. The van der Waals surface area contributed by atoms with Crippen LogP contribution in [0, 0.1) is 5.41 Å². The van der Waals surface area contributed by atoms with Crippen LogP contribution in [0.2, 0.25) is 0 Å². The fourth-order valence-electron chi connectivity index (χ4n) is 1.78. The van der Waals surface area contributed by atoms with Crippen LogP contribution in [0.5, 0.6) is 0 Å². The summed E-state index contributed by atoms with van der Waals surface area (Å²) in [4.78, 5) is 23.8. The number of fused-ring (bicyclic) bond motifs is 1. The van der Waals surface area contributed by atoms with E-state index in [-0.39, 0.29) is 30.1 Å². The first-order chi connectivity index (χ1) is 9.79. The van der Waals surface area contributed by atoms with Gasteiger partial charge in [0.15, 0.2) is 5.65 Å². The van der Waals surface area contributed by atoms with Crippen molar-refractivity contribution in [1.29, 1.82) is 0 Å². The summed E-state index contributed by atoms with van der Waals surface area (Å²) in [5.74, 6) is -0.358. The quantitative estimate of drug-likeness (QED) is 0.831. The third-order valence-electron chi connectivity index (χ3n) is 3.27. The zero-order valence-corrected chi connectivity index (χ0v) is 12.4. The van der Waals surface area contributed by atoms with Crippen LogP contribution >= 0.6 is 0 Å². The van der Waals surface area contributed by atoms with Gasteiger partial charge in [-0.2, -0.15) is 0 Å². The van der Waals surface area contributed by atoms with Crippen molar-refractivity contribution in [2.24, 2.45) is 5.41 Å². The molecular weight excluding hydrogens is 272 g/mol. The fraction of sp³-hybridized carbons (Fsp3) is 0.500. The molecule has 0 spiro atoms. The van der Waals surface area contributed by atoms with Crippen molar-refractivity contribution in [2.75, 3.05) is 6.54 Å². The molecular formula is C14H20N4O3. The van der Waals surface area contributed by atoms with Crippen molar-refractivity contribution in [3.63, 3.8) is 0 Å². The smallest absolute Gasteiger partial charge is 0.350 e. The van der Waals surface area contributed by atoms with Crippen molar-refractivity contribution in [1.82, 2.24) is 19.5 Å². The van der Waals surface area contributed by atoms with Crippen LogP contribution in [-0.4, -0.2) is 37.8 Å². The van der Waals surface area contributed by atoms with Gasteiger partial charge < -0.3 is 10.4 Å². The number of hydrogen-bond donors (Lipinski definition) is 2. The molecule has 1 unspecified atom stereocenters. The van der Waals surface area contributed by atoms with Crippen molar-refractivity contribution in [3.8, 4) is 0 Å². The number of pyridine rings is 1. The third-order valence-corrected chi connectivity index (χ3v) is 3.27. The van der Waals surface area contributed by atoms with E-state index in [4.69, 9.17) is 0 Å². The van der Waals surface area contributed by atoms with Gasteiger partial charge in [-0.3, -0.25) is 9.20 Å². The van der Waals surface area contributed by atoms with E-state index in [0.717, 1.165) is 4.68 Å². The van der Waals surface area contributed by atoms with E-state index in [9.17, 15) is 14.7 Å². The summed E-state index contributed by atoms with van der Waals surface area (Å²) in [5, 5.41) is 16.5. The summed E-state index contributed by atoms with van der Waals surface area (Å²) in [6.45, 7) is 5.63. The largest absolute Gasteiger partial charge is 0.391 e. The molecule has 0 aromatic carbocycles. The van der Waals surface area contributed by atoms with Crippen molar-refractivity contribution < 1.29 is 9.90 Å². The number of nitrogens with one attached hydrogen (secondary N) is 1. The molecule has 0 radical (unpaired) electrons. The number of aliphatic hydroxyl groups excluding tert-OH is 1. The minimum atomic E-state index is -0.653. The SMILES string of the molecule is CC(C)(C)C(O)CNC(=O)Cn1nc2ccccn2c1=O. The predicted molar refractivity (Wildman–Crippen MR) is 77.9 cm³/mol. The van der Waals surface area contributed by atoms with Gasteiger partial charge in [0.2, 0.25) is 5.91 Å². The number of aromatic nitrogens is 3. The maximum absolute atomic E-state index is 12.0. The first-order valence-corrected chi connectivity index (χ1v) is 6.78. The molecule has 1 amide bonds. The average Bonchev–Trinajstić information content (AvgIpc) is 2.72. The molecule has 21 heavy (non-hydrogen) atoms. The van der Waals surface area contributed by atoms with Gasteiger partial charge in [-0.25, -0.2) is 9.48 Å². The number of rotatable bonds is 4. The van der Waals surface area contributed by atoms with Gasteiger partial charge >= 0.3 is 5.69 Å². The molecule has 1 atom stereocenters. The Labute approximate surface area is 122 Å². The molecule has 0 fully saturated rings. The van der Waals surface area contributed by atoms with Crippen molar-refractivity contribution in [2.45, 2.75) is 33.4 Å². The van der Waals surface area contributed by atoms with Crippen LogP contribution in [-0.2, 0) is 11.3 Å². The van der Waals surface area contributed by atoms with E-state index in [1.54, 1.807) is 24.4 Å². The summed E-state index contributed by atoms with van der Waals surface area (Å²) in [6.07, 6.45) is 0.946. The number of hydrogen-bond acceptors (Lipinski definition) is 4. The van der Waals surface area contributed by atoms with Crippen LogP contribution in [0.15, 0.2) is 29.2 Å². The maximum Gasteiger partial charge on any atom is 0.350 e. The van der Waals surface area contributed by atoms with Crippen LogP contribution in [0.1, 0.15) is 20.8 Å². The second kappa shape index (κ2) is 5.69. The molecule has 2 rings (SSSR count). The van der Waals surface area contributed by atoms with Gasteiger partial charge in [0.25, 0.3) is 0 Å². The number of nitrogens with zero attached hydrogens (tertiary/aromatic N) is 3. The summed E-state index contributed by atoms with van der Waals surface area (Å²) >= 11 is 0. The first-order valence-electron chi connectivity index (χ1n) is 6.78. The van der Waals surface area contributed by atoms with E-state index in [0.29, 0.717) is 5.65 Å². The molecule has 0 bridgehead atoms. The molecule has 2 N–H and O–H groups in total. The molecule has 7 heteroatoms. The Morgan fingerprint density at radius 2 is 2.14 bits per heavy atom. The molecule has 114 valence electrons. The first kappa shape index (κ1) is 15.2. The molecule has 2 aromatic heterocycles. The van der Waals surface area contributed by atoms with Gasteiger partial charge in [-0.15, -0.1) is 5.10 Å². The zero-order chi connectivity index (χ0) is 15.6. The fourth-order valence-corrected chi connectivity index (χ4v) is 1.78. The Kier molecular flexibility index (Phi) is 4.13. The second-order valence-electron chi connectivity index (χ2n) is 6.05. The minimum absolute atomic E-state index is 0.143. The molecule has 2 heterocycles. The van der Waals surface area contributed by atoms with Gasteiger partial charge in [-0.1, -0.05) is 26.8 Å². The Morgan fingerprint density at radius 3 is 2.76 bits per heavy atom. The zero-order valence-electron chi connectivity index (χ0n) is 12.4. The molecule has 0 saturated carbocycles. The van der Waals surface area contributed by atoms with Crippen LogP contribution in [0.3, 0.4) is 0 Å². The van der Waals surface area contributed by atoms with Crippen LogP contribution in [0.25, 0.3) is 5.65 Å². The Morgan fingerprint density at radius 1 is 1.43 bits per heavy atom. The highest BCUT2D eigenvalue weighted by Crippen LogP contribution is 2.17. The predicted octanol–water partition coefficient (Wildman–Crippen LogP) is 0.0192. The maximum atomic E-state index is 12.0. The van der Waals surface area contributed by atoms with Gasteiger partial charge in [0.05, 0.1) is 6.10 Å². The van der Waals surface area contributed by atoms with E-state index in [1.807, 2.05) is 20.8 Å². The molecule has 7 nitrogen and oxygen atoms in total.